The molecule has 86 valence electrons. The van der Waals surface area contributed by atoms with Crippen LogP contribution < -0.4 is 14.9 Å². The van der Waals surface area contributed by atoms with Crippen LogP contribution in [0.2, 0.25) is 0 Å². The summed E-state index contributed by atoms with van der Waals surface area (Å²) in [5.41, 5.74) is 1.27. The summed E-state index contributed by atoms with van der Waals surface area (Å²) >= 11 is 0. The van der Waals surface area contributed by atoms with E-state index in [2.05, 4.69) is 19.2 Å². The largest absolute Gasteiger partial charge is 0.310 e. The van der Waals surface area contributed by atoms with Crippen LogP contribution in [0.5, 0.6) is 0 Å². The lowest BCUT2D eigenvalue weighted by Gasteiger charge is -2.06. The maximum absolute atomic E-state index is 4.99. The summed E-state index contributed by atoms with van der Waals surface area (Å²) in [6.45, 7) is 9.18. The lowest BCUT2D eigenvalue weighted by atomic mass is 10.2. The van der Waals surface area contributed by atoms with Gasteiger partial charge in [0.2, 0.25) is 12.4 Å². The van der Waals surface area contributed by atoms with Crippen LogP contribution in [0.1, 0.15) is 33.3 Å². The van der Waals surface area contributed by atoms with Gasteiger partial charge in [0.25, 0.3) is 0 Å². The Bertz CT molecular complexity index is 244. The first-order chi connectivity index (χ1) is 7.22. The molecular formula is C12H23N2O+. The normalized spacial score (nSPS) is 9.47. The monoisotopic (exact) mass is 211 g/mol. The summed E-state index contributed by atoms with van der Waals surface area (Å²) in [6.07, 6.45) is 3.80. The molecule has 0 aliphatic heterocycles. The van der Waals surface area contributed by atoms with Gasteiger partial charge in [0, 0.05) is 29.4 Å². The second-order valence-corrected chi connectivity index (χ2v) is 3.28. The molecular weight excluding hydrogens is 188 g/mol. The summed E-state index contributed by atoms with van der Waals surface area (Å²) in [7, 11) is 1.64. The molecule has 0 radical (unpaired) electrons. The number of rotatable bonds is 4. The molecule has 0 amide bonds. The van der Waals surface area contributed by atoms with E-state index in [0.29, 0.717) is 6.04 Å². The molecule has 0 bridgehead atoms. The van der Waals surface area contributed by atoms with Crippen molar-refractivity contribution in [2.45, 2.75) is 40.3 Å². The van der Waals surface area contributed by atoms with E-state index in [1.165, 1.54) is 5.56 Å². The highest BCUT2D eigenvalue weighted by atomic mass is 16.6. The minimum absolute atomic E-state index is 0.523. The van der Waals surface area contributed by atoms with Crippen LogP contribution in [-0.4, -0.2) is 13.2 Å². The molecule has 0 spiro atoms. The highest BCUT2D eigenvalue weighted by molar-refractivity contribution is 5.06. The second-order valence-electron chi connectivity index (χ2n) is 3.28. The zero-order valence-corrected chi connectivity index (χ0v) is 10.4. The van der Waals surface area contributed by atoms with Gasteiger partial charge in [0.15, 0.2) is 0 Å². The molecule has 3 heteroatoms. The number of nitrogens with zero attached hydrogens (tertiary/aromatic N) is 1. The number of hydrogen-bond acceptors (Lipinski definition) is 2. The van der Waals surface area contributed by atoms with Gasteiger partial charge in [-0.15, -0.1) is 0 Å². The van der Waals surface area contributed by atoms with Crippen LogP contribution in [0.25, 0.3) is 0 Å². The fraction of sp³-hybridized carbons (Fsp3) is 0.583. The predicted molar refractivity (Wildman–Crippen MR) is 62.5 cm³/mol. The van der Waals surface area contributed by atoms with Gasteiger partial charge in [-0.25, -0.2) is 0 Å². The molecule has 1 aromatic rings. The van der Waals surface area contributed by atoms with E-state index in [0.717, 1.165) is 6.54 Å². The standard InChI is InChI=1S/C10H17N2O.C2H6/c1-9(2)11-8-10-4-6-12(13-3)7-5-10;1-2/h4-7,9,11H,8H2,1-3H3;1-2H3/q+1;. The Morgan fingerprint density at radius 2 is 1.80 bits per heavy atom. The molecule has 0 saturated carbocycles. The third-order valence-electron chi connectivity index (χ3n) is 1.80. The minimum atomic E-state index is 0.523. The molecule has 1 rings (SSSR count). The predicted octanol–water partition coefficient (Wildman–Crippen LogP) is 1.56. The number of aromatic nitrogens is 1. The first-order valence-electron chi connectivity index (χ1n) is 5.50. The minimum Gasteiger partial charge on any atom is -0.310 e. The maximum Gasteiger partial charge on any atom is 0.222 e. The topological polar surface area (TPSA) is 25.1 Å². The molecule has 0 fully saturated rings. The number of pyridine rings is 1. The van der Waals surface area contributed by atoms with Gasteiger partial charge in [-0.2, -0.15) is 0 Å². The quantitative estimate of drug-likeness (QED) is 0.765. The number of nitrogens with one attached hydrogen (secondary N) is 1. The van der Waals surface area contributed by atoms with Crippen LogP contribution in [0, 0.1) is 0 Å². The van der Waals surface area contributed by atoms with Crippen molar-refractivity contribution in [2.24, 2.45) is 0 Å². The highest BCUT2D eigenvalue weighted by Crippen LogP contribution is 1.94. The van der Waals surface area contributed by atoms with Gasteiger partial charge >= 0.3 is 0 Å². The van der Waals surface area contributed by atoms with Crippen LogP contribution in [0.3, 0.4) is 0 Å². The molecule has 0 unspecified atom stereocenters. The summed E-state index contributed by atoms with van der Waals surface area (Å²) in [6, 6.07) is 4.60. The van der Waals surface area contributed by atoms with Gasteiger partial charge in [-0.1, -0.05) is 27.7 Å². The van der Waals surface area contributed by atoms with Crippen LogP contribution in [0.4, 0.5) is 0 Å². The van der Waals surface area contributed by atoms with Crippen molar-refractivity contribution in [3.63, 3.8) is 0 Å². The van der Waals surface area contributed by atoms with E-state index < -0.39 is 0 Å². The molecule has 0 aliphatic rings. The molecule has 0 saturated heterocycles. The van der Waals surface area contributed by atoms with E-state index in [4.69, 9.17) is 4.84 Å². The average molecular weight is 211 g/mol. The Labute approximate surface area is 93.0 Å². The molecule has 15 heavy (non-hydrogen) atoms. The van der Waals surface area contributed by atoms with E-state index in [-0.39, 0.29) is 0 Å². The zero-order chi connectivity index (χ0) is 11.7. The highest BCUT2D eigenvalue weighted by Gasteiger charge is 1.99. The second kappa shape index (κ2) is 8.24. The van der Waals surface area contributed by atoms with Crippen LogP contribution in [0.15, 0.2) is 24.5 Å². The van der Waals surface area contributed by atoms with Crippen molar-refractivity contribution in [1.82, 2.24) is 5.32 Å². The lowest BCUT2D eigenvalue weighted by molar-refractivity contribution is -0.885. The molecule has 1 aromatic heterocycles. The van der Waals surface area contributed by atoms with Crippen molar-refractivity contribution in [2.75, 3.05) is 7.11 Å². The van der Waals surface area contributed by atoms with E-state index in [1.807, 2.05) is 38.4 Å². The Kier molecular flexibility index (Phi) is 7.64. The molecule has 1 N–H and O–H groups in total. The summed E-state index contributed by atoms with van der Waals surface area (Å²) in [5.74, 6) is 0. The Balaban J connectivity index is 0.000000921. The van der Waals surface area contributed by atoms with Gasteiger partial charge in [0.05, 0.1) is 0 Å². The Morgan fingerprint density at radius 1 is 1.27 bits per heavy atom. The summed E-state index contributed by atoms with van der Waals surface area (Å²) < 4.78 is 1.67. The molecule has 0 atom stereocenters. The molecule has 0 aliphatic carbocycles. The Morgan fingerprint density at radius 3 is 2.20 bits per heavy atom. The van der Waals surface area contributed by atoms with Gasteiger partial charge in [-0.3, -0.25) is 4.84 Å². The van der Waals surface area contributed by atoms with Crippen molar-refractivity contribution in [3.05, 3.63) is 30.1 Å². The van der Waals surface area contributed by atoms with Gasteiger partial charge in [-0.05, 0) is 5.56 Å². The van der Waals surface area contributed by atoms with Gasteiger partial charge < -0.3 is 5.32 Å². The zero-order valence-electron chi connectivity index (χ0n) is 10.4. The molecule has 3 nitrogen and oxygen atoms in total. The lowest BCUT2D eigenvalue weighted by Crippen LogP contribution is -2.39. The fourth-order valence-electron chi connectivity index (χ4n) is 1.01. The number of hydrogen-bond donors (Lipinski definition) is 1. The van der Waals surface area contributed by atoms with Crippen LogP contribution in [-0.2, 0) is 6.54 Å². The Hall–Kier alpha value is -1.09. The first-order valence-corrected chi connectivity index (χ1v) is 5.50. The summed E-state index contributed by atoms with van der Waals surface area (Å²) in [5, 5.41) is 3.35. The van der Waals surface area contributed by atoms with E-state index in [9.17, 15) is 0 Å². The third kappa shape index (κ3) is 6.07. The summed E-state index contributed by atoms with van der Waals surface area (Å²) in [4.78, 5) is 4.99. The maximum atomic E-state index is 4.99. The van der Waals surface area contributed by atoms with Crippen molar-refractivity contribution < 1.29 is 9.57 Å². The third-order valence-corrected chi connectivity index (χ3v) is 1.80. The molecule has 0 aromatic carbocycles. The van der Waals surface area contributed by atoms with E-state index in [1.54, 1.807) is 11.8 Å². The van der Waals surface area contributed by atoms with Crippen molar-refractivity contribution in [3.8, 4) is 0 Å². The SMILES string of the molecule is CC.CO[n+]1ccc(CNC(C)C)cc1. The van der Waals surface area contributed by atoms with Crippen molar-refractivity contribution >= 4 is 0 Å². The van der Waals surface area contributed by atoms with Gasteiger partial charge in [0.1, 0.15) is 7.11 Å². The van der Waals surface area contributed by atoms with Crippen molar-refractivity contribution in [1.29, 1.82) is 0 Å². The fourth-order valence-corrected chi connectivity index (χ4v) is 1.01. The smallest absolute Gasteiger partial charge is 0.222 e. The van der Waals surface area contributed by atoms with Crippen LogP contribution >= 0.6 is 0 Å². The van der Waals surface area contributed by atoms with E-state index >= 15 is 0 Å². The average Bonchev–Trinajstić information content (AvgIpc) is 2.30. The molecule has 1 heterocycles. The first kappa shape index (κ1) is 13.9.